The Labute approximate surface area is 107 Å². The Morgan fingerprint density at radius 1 is 0.812 bits per heavy atom. The number of hydrogen-bond acceptors (Lipinski definition) is 6. The standard InChI is InChI=1S/C10H18O4S2/c1-5(2)13-9(11)7(15)8(16)10(12)14-6(3)4/h5-8,15-16H,1-4H3/t7-,8+. The van der Waals surface area contributed by atoms with E-state index < -0.39 is 22.4 Å². The van der Waals surface area contributed by atoms with Gasteiger partial charge < -0.3 is 9.47 Å². The Kier molecular flexibility index (Phi) is 6.90. The van der Waals surface area contributed by atoms with Crippen LogP contribution < -0.4 is 0 Å². The van der Waals surface area contributed by atoms with Crippen LogP contribution >= 0.6 is 25.3 Å². The Morgan fingerprint density at radius 2 is 1.06 bits per heavy atom. The molecule has 0 aromatic carbocycles. The average Bonchev–Trinajstić information content (AvgIpc) is 2.13. The van der Waals surface area contributed by atoms with Crippen LogP contribution in [0.2, 0.25) is 0 Å². The van der Waals surface area contributed by atoms with Crippen LogP contribution in [0.4, 0.5) is 0 Å². The van der Waals surface area contributed by atoms with Crippen LogP contribution in [0.1, 0.15) is 27.7 Å². The van der Waals surface area contributed by atoms with Crippen LogP contribution in [0.5, 0.6) is 0 Å². The Hall–Kier alpha value is -0.360. The maximum absolute atomic E-state index is 11.4. The Bertz CT molecular complexity index is 227. The molecule has 16 heavy (non-hydrogen) atoms. The number of carbonyl (C=O) groups excluding carboxylic acids is 2. The van der Waals surface area contributed by atoms with Crippen molar-refractivity contribution in [3.8, 4) is 0 Å². The SMILES string of the molecule is CC(C)OC(=O)[C@@H](S)[C@@H](S)C(=O)OC(C)C. The fourth-order valence-electron chi connectivity index (χ4n) is 0.862. The lowest BCUT2D eigenvalue weighted by molar-refractivity contribution is -0.153. The third-order valence-electron chi connectivity index (χ3n) is 1.49. The molecule has 0 aromatic rings. The number of esters is 2. The predicted molar refractivity (Wildman–Crippen MR) is 68.0 cm³/mol. The maximum Gasteiger partial charge on any atom is 0.320 e. The first-order valence-electron chi connectivity index (χ1n) is 5.02. The minimum absolute atomic E-state index is 0.246. The van der Waals surface area contributed by atoms with Crippen molar-refractivity contribution in [2.75, 3.05) is 0 Å². The summed E-state index contributed by atoms with van der Waals surface area (Å²) in [5.41, 5.74) is 0. The van der Waals surface area contributed by atoms with Crippen LogP contribution in [0.25, 0.3) is 0 Å². The van der Waals surface area contributed by atoms with E-state index in [0.29, 0.717) is 0 Å². The molecule has 0 bridgehead atoms. The van der Waals surface area contributed by atoms with Gasteiger partial charge in [0.2, 0.25) is 0 Å². The van der Waals surface area contributed by atoms with Gasteiger partial charge in [-0.05, 0) is 27.7 Å². The molecule has 0 fully saturated rings. The average molecular weight is 266 g/mol. The second kappa shape index (κ2) is 7.06. The molecule has 0 aromatic heterocycles. The van der Waals surface area contributed by atoms with E-state index >= 15 is 0 Å². The fraction of sp³-hybridized carbons (Fsp3) is 0.800. The summed E-state index contributed by atoms with van der Waals surface area (Å²) < 4.78 is 9.83. The van der Waals surface area contributed by atoms with E-state index in [2.05, 4.69) is 25.3 Å². The summed E-state index contributed by atoms with van der Waals surface area (Å²) in [6, 6.07) is 0. The highest BCUT2D eigenvalue weighted by Crippen LogP contribution is 2.14. The zero-order valence-corrected chi connectivity index (χ0v) is 11.6. The summed E-state index contributed by atoms with van der Waals surface area (Å²) in [7, 11) is 0. The zero-order chi connectivity index (χ0) is 12.9. The predicted octanol–water partition coefficient (Wildman–Crippen LogP) is 1.49. The van der Waals surface area contributed by atoms with Gasteiger partial charge in [-0.3, -0.25) is 9.59 Å². The number of thiol groups is 2. The molecule has 6 heteroatoms. The first-order valence-corrected chi connectivity index (χ1v) is 6.06. The third-order valence-corrected chi connectivity index (χ3v) is 2.74. The van der Waals surface area contributed by atoms with Crippen LogP contribution in [0, 0.1) is 0 Å². The first-order chi connectivity index (χ1) is 7.25. The molecular formula is C10H18O4S2. The van der Waals surface area contributed by atoms with E-state index in [0.717, 1.165) is 0 Å². The highest BCUT2D eigenvalue weighted by molar-refractivity contribution is 7.86. The summed E-state index contributed by atoms with van der Waals surface area (Å²) in [6.45, 7) is 6.88. The Balaban J connectivity index is 4.31. The van der Waals surface area contributed by atoms with E-state index in [-0.39, 0.29) is 12.2 Å². The van der Waals surface area contributed by atoms with E-state index in [1.807, 2.05) is 0 Å². The van der Waals surface area contributed by atoms with Crippen molar-refractivity contribution in [3.05, 3.63) is 0 Å². The van der Waals surface area contributed by atoms with Crippen molar-refractivity contribution in [2.45, 2.75) is 50.4 Å². The first kappa shape index (κ1) is 15.6. The quantitative estimate of drug-likeness (QED) is 0.585. The smallest absolute Gasteiger partial charge is 0.320 e. The van der Waals surface area contributed by atoms with Crippen molar-refractivity contribution in [1.29, 1.82) is 0 Å². The van der Waals surface area contributed by atoms with Crippen LogP contribution in [0.3, 0.4) is 0 Å². The second-order valence-corrected chi connectivity index (χ2v) is 4.97. The number of ether oxygens (including phenoxy) is 2. The molecule has 0 rings (SSSR count). The summed E-state index contributed by atoms with van der Waals surface area (Å²) in [5, 5.41) is -1.84. The normalized spacial score (nSPS) is 14.8. The van der Waals surface area contributed by atoms with Gasteiger partial charge in [-0.15, -0.1) is 0 Å². The lowest BCUT2D eigenvalue weighted by Gasteiger charge is -2.18. The summed E-state index contributed by atoms with van der Waals surface area (Å²) in [5.74, 6) is -1.14. The highest BCUT2D eigenvalue weighted by Gasteiger charge is 2.31. The summed E-state index contributed by atoms with van der Waals surface area (Å²) >= 11 is 8.01. The van der Waals surface area contributed by atoms with Gasteiger partial charge in [-0.2, -0.15) is 25.3 Å². The highest BCUT2D eigenvalue weighted by atomic mass is 32.1. The molecule has 4 nitrogen and oxygen atoms in total. The minimum Gasteiger partial charge on any atom is -0.462 e. The molecule has 2 atom stereocenters. The van der Waals surface area contributed by atoms with Crippen molar-refractivity contribution in [1.82, 2.24) is 0 Å². The largest absolute Gasteiger partial charge is 0.462 e. The monoisotopic (exact) mass is 266 g/mol. The topological polar surface area (TPSA) is 52.6 Å². The van der Waals surface area contributed by atoms with Gasteiger partial charge in [0, 0.05) is 0 Å². The lowest BCUT2D eigenvalue weighted by Crippen LogP contribution is -2.36. The van der Waals surface area contributed by atoms with Crippen LogP contribution in [-0.2, 0) is 19.1 Å². The summed E-state index contributed by atoms with van der Waals surface area (Å²) in [4.78, 5) is 22.9. The molecule has 94 valence electrons. The fourth-order valence-corrected chi connectivity index (χ4v) is 1.23. The van der Waals surface area contributed by atoms with Gasteiger partial charge in [-0.25, -0.2) is 0 Å². The van der Waals surface area contributed by atoms with Crippen LogP contribution in [-0.4, -0.2) is 34.6 Å². The van der Waals surface area contributed by atoms with Crippen molar-refractivity contribution >= 4 is 37.2 Å². The van der Waals surface area contributed by atoms with Gasteiger partial charge >= 0.3 is 11.9 Å². The van der Waals surface area contributed by atoms with Crippen molar-refractivity contribution in [3.63, 3.8) is 0 Å². The lowest BCUT2D eigenvalue weighted by atomic mass is 10.3. The van der Waals surface area contributed by atoms with Gasteiger partial charge in [-0.1, -0.05) is 0 Å². The van der Waals surface area contributed by atoms with E-state index in [4.69, 9.17) is 9.47 Å². The van der Waals surface area contributed by atoms with Gasteiger partial charge in [0.05, 0.1) is 12.2 Å². The second-order valence-electron chi connectivity index (χ2n) is 3.86. The molecule has 0 saturated heterocycles. The van der Waals surface area contributed by atoms with E-state index in [1.54, 1.807) is 27.7 Å². The molecule has 0 amide bonds. The molecular weight excluding hydrogens is 248 g/mol. The van der Waals surface area contributed by atoms with Crippen LogP contribution in [0.15, 0.2) is 0 Å². The van der Waals surface area contributed by atoms with Gasteiger partial charge in [0.1, 0.15) is 10.5 Å². The summed E-state index contributed by atoms with van der Waals surface area (Å²) in [6.07, 6.45) is -0.493. The maximum atomic E-state index is 11.4. The molecule has 0 aliphatic carbocycles. The minimum atomic E-state index is -0.919. The molecule has 0 N–H and O–H groups in total. The molecule has 0 spiro atoms. The Morgan fingerprint density at radius 3 is 1.25 bits per heavy atom. The third kappa shape index (κ3) is 5.65. The number of rotatable bonds is 5. The molecule has 0 aliphatic heterocycles. The zero-order valence-electron chi connectivity index (χ0n) is 9.84. The van der Waals surface area contributed by atoms with Gasteiger partial charge in [0.15, 0.2) is 0 Å². The number of hydrogen-bond donors (Lipinski definition) is 2. The number of carbonyl (C=O) groups is 2. The molecule has 0 heterocycles. The van der Waals surface area contributed by atoms with Crippen molar-refractivity contribution < 1.29 is 19.1 Å². The van der Waals surface area contributed by atoms with E-state index in [1.165, 1.54) is 0 Å². The molecule has 0 aliphatic rings. The van der Waals surface area contributed by atoms with Gasteiger partial charge in [0.25, 0.3) is 0 Å². The molecule has 0 unspecified atom stereocenters. The van der Waals surface area contributed by atoms with E-state index in [9.17, 15) is 9.59 Å². The molecule has 0 saturated carbocycles. The van der Waals surface area contributed by atoms with Crippen molar-refractivity contribution in [2.24, 2.45) is 0 Å². The molecule has 0 radical (unpaired) electrons.